The van der Waals surface area contributed by atoms with Gasteiger partial charge in [0.2, 0.25) is 17.7 Å². The summed E-state index contributed by atoms with van der Waals surface area (Å²) in [4.78, 5) is 17.6. The highest BCUT2D eigenvalue weighted by Gasteiger charge is 2.47. The maximum atomic E-state index is 13.3. The number of methoxy groups -OCH3 is 1. The first-order valence-corrected chi connectivity index (χ1v) is 9.31. The summed E-state index contributed by atoms with van der Waals surface area (Å²) in [5.74, 6) is 1.10. The molecule has 3 rings (SSSR count). The highest BCUT2D eigenvalue weighted by molar-refractivity contribution is 6.01. The number of amides is 1. The van der Waals surface area contributed by atoms with Crippen molar-refractivity contribution in [2.24, 2.45) is 0 Å². The lowest BCUT2D eigenvalue weighted by atomic mass is 9.71. The summed E-state index contributed by atoms with van der Waals surface area (Å²) in [5, 5.41) is 6.28. The summed E-state index contributed by atoms with van der Waals surface area (Å²) in [6.07, 6.45) is 0. The van der Waals surface area contributed by atoms with Crippen LogP contribution < -0.4 is 20.1 Å². The van der Waals surface area contributed by atoms with Crippen LogP contribution in [-0.4, -0.2) is 37.7 Å². The van der Waals surface area contributed by atoms with Gasteiger partial charge in [0.05, 0.1) is 19.1 Å². The summed E-state index contributed by atoms with van der Waals surface area (Å²) in [7, 11) is 1.53. The third kappa shape index (κ3) is 3.62. The molecule has 1 aliphatic rings. The number of rotatable bonds is 7. The number of nitrogens with zero attached hydrogens (tertiary/aromatic N) is 1. The Morgan fingerprint density at radius 1 is 1.26 bits per heavy atom. The molecule has 2 heterocycles. The minimum absolute atomic E-state index is 0.0568. The summed E-state index contributed by atoms with van der Waals surface area (Å²) in [6.45, 7) is 7.92. The molecule has 0 saturated carbocycles. The molecule has 1 amide bonds. The lowest BCUT2D eigenvalue weighted by Crippen LogP contribution is -2.63. The lowest BCUT2D eigenvalue weighted by molar-refractivity contribution is -0.123. The van der Waals surface area contributed by atoms with E-state index in [1.165, 1.54) is 12.7 Å². The molecule has 1 fully saturated rings. The summed E-state index contributed by atoms with van der Waals surface area (Å²) in [6, 6.07) is 11.7. The highest BCUT2D eigenvalue weighted by Crippen LogP contribution is 2.36. The molecular formula is C21H27N3O3. The van der Waals surface area contributed by atoms with Crippen molar-refractivity contribution in [2.45, 2.75) is 32.1 Å². The van der Waals surface area contributed by atoms with Crippen molar-refractivity contribution in [1.29, 1.82) is 0 Å². The molecule has 2 aromatic rings. The molecule has 0 bridgehead atoms. The predicted octanol–water partition coefficient (Wildman–Crippen LogP) is 3.09. The van der Waals surface area contributed by atoms with Gasteiger partial charge in [0.25, 0.3) is 0 Å². The van der Waals surface area contributed by atoms with Crippen LogP contribution in [0.25, 0.3) is 0 Å². The predicted molar refractivity (Wildman–Crippen MR) is 106 cm³/mol. The van der Waals surface area contributed by atoms with Crippen molar-refractivity contribution in [2.75, 3.05) is 32.1 Å². The monoisotopic (exact) mass is 369 g/mol. The first-order chi connectivity index (χ1) is 13.0. The van der Waals surface area contributed by atoms with Crippen molar-refractivity contribution < 1.29 is 14.3 Å². The highest BCUT2D eigenvalue weighted by atomic mass is 16.5. The molecule has 1 saturated heterocycles. The molecule has 0 radical (unpaired) electrons. The molecule has 0 atom stereocenters. The zero-order valence-electron chi connectivity index (χ0n) is 16.3. The molecular weight excluding hydrogens is 342 g/mol. The fourth-order valence-corrected chi connectivity index (χ4v) is 3.43. The Labute approximate surface area is 160 Å². The number of carbonyl (C=O) groups is 1. The molecule has 6 nitrogen and oxygen atoms in total. The van der Waals surface area contributed by atoms with Crippen LogP contribution in [0, 0.1) is 0 Å². The van der Waals surface area contributed by atoms with Crippen molar-refractivity contribution in [1.82, 2.24) is 10.3 Å². The van der Waals surface area contributed by atoms with Gasteiger partial charge in [-0.1, -0.05) is 38.1 Å². The van der Waals surface area contributed by atoms with Crippen LogP contribution >= 0.6 is 0 Å². The maximum absolute atomic E-state index is 13.3. The first kappa shape index (κ1) is 19.2. The third-order valence-corrected chi connectivity index (χ3v) is 4.96. The molecule has 1 aromatic carbocycles. The number of hydrogen-bond donors (Lipinski definition) is 2. The molecule has 2 N–H and O–H groups in total. The van der Waals surface area contributed by atoms with Gasteiger partial charge < -0.3 is 20.1 Å². The minimum Gasteiger partial charge on any atom is -0.479 e. The van der Waals surface area contributed by atoms with Crippen LogP contribution in [-0.2, 0) is 10.2 Å². The van der Waals surface area contributed by atoms with Gasteiger partial charge in [-0.05, 0) is 30.0 Å². The van der Waals surface area contributed by atoms with Crippen molar-refractivity contribution in [3.05, 3.63) is 47.5 Å². The Morgan fingerprint density at radius 2 is 2.00 bits per heavy atom. The maximum Gasteiger partial charge on any atom is 0.240 e. The minimum atomic E-state index is -0.593. The number of benzene rings is 1. The van der Waals surface area contributed by atoms with Crippen LogP contribution in [0.15, 0.2) is 36.4 Å². The molecule has 27 heavy (non-hydrogen) atoms. The van der Waals surface area contributed by atoms with E-state index in [9.17, 15) is 4.79 Å². The molecule has 0 unspecified atom stereocenters. The Morgan fingerprint density at radius 3 is 2.59 bits per heavy atom. The number of pyridine rings is 1. The largest absolute Gasteiger partial charge is 0.479 e. The van der Waals surface area contributed by atoms with Gasteiger partial charge in [-0.2, -0.15) is 4.98 Å². The number of nitrogens with one attached hydrogen (secondary N) is 2. The molecule has 0 spiro atoms. The zero-order valence-corrected chi connectivity index (χ0v) is 16.3. The summed E-state index contributed by atoms with van der Waals surface area (Å²) >= 11 is 0. The molecule has 144 valence electrons. The van der Waals surface area contributed by atoms with Gasteiger partial charge >= 0.3 is 0 Å². The van der Waals surface area contributed by atoms with Crippen molar-refractivity contribution in [3.63, 3.8) is 0 Å². The fourth-order valence-electron chi connectivity index (χ4n) is 3.43. The number of hydrogen-bond acceptors (Lipinski definition) is 5. The second-order valence-electron chi connectivity index (χ2n) is 7.02. The van der Waals surface area contributed by atoms with E-state index in [1.54, 1.807) is 12.1 Å². The number of carbonyl (C=O) groups excluding carboxylic acids is 1. The Bertz CT molecular complexity index is 816. The quantitative estimate of drug-likeness (QED) is 0.785. The van der Waals surface area contributed by atoms with E-state index >= 15 is 0 Å². The van der Waals surface area contributed by atoms with Crippen molar-refractivity contribution >= 4 is 11.6 Å². The standard InChI is InChI=1S/C21H27N3O3/c1-5-27-18-11-10-17(19(24-18)26-4)23-20(25)21(12-22-13-21)16-9-7-6-8-15(16)14(2)3/h6-11,14,22H,5,12-13H2,1-4H3,(H,23,25). The van der Waals surface area contributed by atoms with Gasteiger partial charge in [0.15, 0.2) is 0 Å². The van der Waals surface area contributed by atoms with Gasteiger partial charge in [-0.15, -0.1) is 0 Å². The van der Waals surface area contributed by atoms with Gasteiger partial charge in [-0.3, -0.25) is 4.79 Å². The van der Waals surface area contributed by atoms with E-state index in [4.69, 9.17) is 9.47 Å². The van der Waals surface area contributed by atoms with E-state index in [0.717, 1.165) is 5.56 Å². The van der Waals surface area contributed by atoms with E-state index in [-0.39, 0.29) is 5.91 Å². The SMILES string of the molecule is CCOc1ccc(NC(=O)C2(c3ccccc3C(C)C)CNC2)c(OC)n1. The van der Waals surface area contributed by atoms with Crippen LogP contribution in [0.4, 0.5) is 5.69 Å². The molecule has 6 heteroatoms. The normalized spacial score (nSPS) is 15.1. The van der Waals surface area contributed by atoms with Gasteiger partial charge in [0, 0.05) is 19.2 Å². The average molecular weight is 369 g/mol. The number of anilines is 1. The second kappa shape index (κ2) is 7.96. The van der Waals surface area contributed by atoms with Crippen LogP contribution in [0.3, 0.4) is 0 Å². The van der Waals surface area contributed by atoms with Crippen LogP contribution in [0.1, 0.15) is 37.8 Å². The van der Waals surface area contributed by atoms with Crippen molar-refractivity contribution in [3.8, 4) is 11.8 Å². The van der Waals surface area contributed by atoms with Gasteiger partial charge in [-0.25, -0.2) is 0 Å². The zero-order chi connectivity index (χ0) is 19.4. The van der Waals surface area contributed by atoms with Crippen LogP contribution in [0.2, 0.25) is 0 Å². The molecule has 1 aliphatic heterocycles. The van der Waals surface area contributed by atoms with E-state index in [0.29, 0.717) is 43.1 Å². The van der Waals surface area contributed by atoms with Gasteiger partial charge in [0.1, 0.15) is 5.69 Å². The summed E-state index contributed by atoms with van der Waals surface area (Å²) in [5.41, 5.74) is 2.23. The van der Waals surface area contributed by atoms with E-state index < -0.39 is 5.41 Å². The Hall–Kier alpha value is -2.60. The average Bonchev–Trinajstić information content (AvgIpc) is 2.62. The smallest absolute Gasteiger partial charge is 0.240 e. The summed E-state index contributed by atoms with van der Waals surface area (Å²) < 4.78 is 10.7. The Kier molecular flexibility index (Phi) is 5.65. The number of aromatic nitrogens is 1. The molecule has 0 aliphatic carbocycles. The number of ether oxygens (including phenoxy) is 2. The van der Waals surface area contributed by atoms with Crippen LogP contribution in [0.5, 0.6) is 11.8 Å². The molecule has 1 aromatic heterocycles. The topological polar surface area (TPSA) is 72.5 Å². The Balaban J connectivity index is 1.91. The third-order valence-electron chi connectivity index (χ3n) is 4.96. The first-order valence-electron chi connectivity index (χ1n) is 9.31. The second-order valence-corrected chi connectivity index (χ2v) is 7.02. The fraction of sp³-hybridized carbons (Fsp3) is 0.429. The lowest BCUT2D eigenvalue weighted by Gasteiger charge is -2.43. The van der Waals surface area contributed by atoms with E-state index in [2.05, 4.69) is 41.6 Å². The van der Waals surface area contributed by atoms with E-state index in [1.807, 2.05) is 19.1 Å².